The molecule has 0 radical (unpaired) electrons. The Morgan fingerprint density at radius 2 is 1.86 bits per heavy atom. The van der Waals surface area contributed by atoms with Crippen molar-refractivity contribution in [2.24, 2.45) is 0 Å². The van der Waals surface area contributed by atoms with Crippen molar-refractivity contribution in [3.63, 3.8) is 0 Å². The molecule has 0 saturated carbocycles. The van der Waals surface area contributed by atoms with Gasteiger partial charge in [0, 0.05) is 5.69 Å². The molecule has 1 aliphatic heterocycles. The Morgan fingerprint density at radius 1 is 1.10 bits per heavy atom. The smallest absolute Gasteiger partial charge is 0.263 e. The molecule has 1 unspecified atom stereocenters. The largest absolute Gasteiger partial charge is 0.491 e. The Hall–Kier alpha value is -2.84. The van der Waals surface area contributed by atoms with Crippen LogP contribution in [0.1, 0.15) is 20.8 Å². The molecular formula is C21H20N2O4S2. The van der Waals surface area contributed by atoms with Crippen molar-refractivity contribution in [3.05, 3.63) is 76.0 Å². The standard InChI is InChI=1S/C21H20N2O4S2/c1-14-6-8-16(9-7-14)23-29(25,26)19-10-11-28-20(19)21(24)22-17-12-15-4-2-3-5-18(15)27-13-17/h2-11,17,23H,12-13H2,1H3,(H,22,24). The lowest BCUT2D eigenvalue weighted by Gasteiger charge is -2.26. The number of carbonyl (C=O) groups excluding carboxylic acids is 1. The number of anilines is 1. The van der Waals surface area contributed by atoms with Gasteiger partial charge in [-0.3, -0.25) is 9.52 Å². The summed E-state index contributed by atoms with van der Waals surface area (Å²) in [5, 5.41) is 4.50. The van der Waals surface area contributed by atoms with Gasteiger partial charge in [0.1, 0.15) is 22.1 Å². The average Bonchev–Trinajstić information content (AvgIpc) is 3.21. The summed E-state index contributed by atoms with van der Waals surface area (Å²) in [6, 6.07) is 15.9. The van der Waals surface area contributed by atoms with Gasteiger partial charge >= 0.3 is 0 Å². The van der Waals surface area contributed by atoms with Crippen molar-refractivity contribution < 1.29 is 17.9 Å². The first-order valence-electron chi connectivity index (χ1n) is 9.11. The van der Waals surface area contributed by atoms with E-state index in [1.54, 1.807) is 17.5 Å². The first-order chi connectivity index (χ1) is 13.9. The molecule has 1 aromatic heterocycles. The molecule has 1 atom stereocenters. The van der Waals surface area contributed by atoms with Gasteiger partial charge < -0.3 is 10.1 Å². The van der Waals surface area contributed by atoms with Crippen LogP contribution in [0.5, 0.6) is 5.75 Å². The van der Waals surface area contributed by atoms with Gasteiger partial charge in [0.2, 0.25) is 0 Å². The molecule has 0 bridgehead atoms. The van der Waals surface area contributed by atoms with Crippen LogP contribution >= 0.6 is 11.3 Å². The Balaban J connectivity index is 1.50. The molecule has 0 fully saturated rings. The summed E-state index contributed by atoms with van der Waals surface area (Å²) < 4.78 is 33.9. The van der Waals surface area contributed by atoms with Crippen molar-refractivity contribution >= 4 is 33.0 Å². The highest BCUT2D eigenvalue weighted by atomic mass is 32.2. The third-order valence-electron chi connectivity index (χ3n) is 4.64. The van der Waals surface area contributed by atoms with Crippen molar-refractivity contribution in [2.45, 2.75) is 24.3 Å². The molecule has 1 amide bonds. The molecule has 4 rings (SSSR count). The lowest BCUT2D eigenvalue weighted by atomic mass is 10.0. The van der Waals surface area contributed by atoms with E-state index in [0.717, 1.165) is 28.2 Å². The van der Waals surface area contributed by atoms with Crippen LogP contribution < -0.4 is 14.8 Å². The van der Waals surface area contributed by atoms with Crippen molar-refractivity contribution in [1.82, 2.24) is 5.32 Å². The van der Waals surface area contributed by atoms with E-state index in [2.05, 4.69) is 10.0 Å². The number of para-hydroxylation sites is 1. The quantitative estimate of drug-likeness (QED) is 0.650. The highest BCUT2D eigenvalue weighted by Gasteiger charge is 2.27. The molecule has 3 aromatic rings. The SMILES string of the molecule is Cc1ccc(NS(=O)(=O)c2ccsc2C(=O)NC2COc3ccccc3C2)cc1. The van der Waals surface area contributed by atoms with Crippen LogP contribution in [0.4, 0.5) is 5.69 Å². The highest BCUT2D eigenvalue weighted by molar-refractivity contribution is 7.93. The fourth-order valence-electron chi connectivity index (χ4n) is 3.18. The Kier molecular flexibility index (Phi) is 5.29. The Bertz CT molecular complexity index is 1140. The number of thiophene rings is 1. The second kappa shape index (κ2) is 7.88. The van der Waals surface area contributed by atoms with Crippen LogP contribution in [0.3, 0.4) is 0 Å². The van der Waals surface area contributed by atoms with E-state index in [-0.39, 0.29) is 15.8 Å². The molecule has 29 heavy (non-hydrogen) atoms. The molecule has 0 saturated heterocycles. The number of fused-ring (bicyclic) bond motifs is 1. The minimum absolute atomic E-state index is 0.0299. The predicted octanol–water partition coefficient (Wildman–Crippen LogP) is 3.59. The minimum atomic E-state index is -3.88. The van der Waals surface area contributed by atoms with Gasteiger partial charge in [-0.1, -0.05) is 35.9 Å². The lowest BCUT2D eigenvalue weighted by Crippen LogP contribution is -2.42. The summed E-state index contributed by atoms with van der Waals surface area (Å²) in [5.41, 5.74) is 2.49. The summed E-state index contributed by atoms with van der Waals surface area (Å²) in [4.78, 5) is 12.9. The zero-order chi connectivity index (χ0) is 20.4. The van der Waals surface area contributed by atoms with E-state index in [4.69, 9.17) is 4.74 Å². The van der Waals surface area contributed by atoms with Gasteiger partial charge in [0.15, 0.2) is 0 Å². The maximum atomic E-state index is 12.8. The van der Waals surface area contributed by atoms with Crippen LogP contribution in [0.2, 0.25) is 0 Å². The Labute approximate surface area is 173 Å². The van der Waals surface area contributed by atoms with E-state index >= 15 is 0 Å². The number of amides is 1. The van der Waals surface area contributed by atoms with Crippen LogP contribution in [-0.2, 0) is 16.4 Å². The lowest BCUT2D eigenvalue weighted by molar-refractivity contribution is 0.0916. The third kappa shape index (κ3) is 4.28. The number of hydrogen-bond acceptors (Lipinski definition) is 5. The molecule has 2 N–H and O–H groups in total. The second-order valence-corrected chi connectivity index (χ2v) is 9.45. The number of rotatable bonds is 5. The fourth-order valence-corrected chi connectivity index (χ4v) is 5.57. The third-order valence-corrected chi connectivity index (χ3v) is 7.11. The highest BCUT2D eigenvalue weighted by Crippen LogP contribution is 2.27. The average molecular weight is 429 g/mol. The normalized spacial score (nSPS) is 15.8. The molecular weight excluding hydrogens is 408 g/mol. The Morgan fingerprint density at radius 3 is 2.66 bits per heavy atom. The van der Waals surface area contributed by atoms with E-state index < -0.39 is 15.9 Å². The maximum absolute atomic E-state index is 12.8. The van der Waals surface area contributed by atoms with Crippen LogP contribution in [0, 0.1) is 6.92 Å². The van der Waals surface area contributed by atoms with E-state index in [1.165, 1.54) is 6.07 Å². The molecule has 2 aromatic carbocycles. The summed E-state index contributed by atoms with van der Waals surface area (Å²) >= 11 is 1.10. The monoisotopic (exact) mass is 428 g/mol. The van der Waals surface area contributed by atoms with Crippen molar-refractivity contribution in [3.8, 4) is 5.75 Å². The predicted molar refractivity (Wildman–Crippen MR) is 113 cm³/mol. The first kappa shape index (κ1) is 19.5. The van der Waals surface area contributed by atoms with E-state index in [0.29, 0.717) is 18.7 Å². The zero-order valence-electron chi connectivity index (χ0n) is 15.7. The summed E-state index contributed by atoms with van der Waals surface area (Å²) in [6.07, 6.45) is 0.636. The molecule has 0 aliphatic carbocycles. The number of ether oxygens (including phenoxy) is 1. The van der Waals surface area contributed by atoms with Gasteiger partial charge in [-0.25, -0.2) is 8.42 Å². The first-order valence-corrected chi connectivity index (χ1v) is 11.5. The summed E-state index contributed by atoms with van der Waals surface area (Å²) in [6.45, 7) is 2.27. The van der Waals surface area contributed by atoms with Crippen LogP contribution in [-0.4, -0.2) is 27.0 Å². The fraction of sp³-hybridized carbons (Fsp3) is 0.190. The number of nitrogens with one attached hydrogen (secondary N) is 2. The molecule has 0 spiro atoms. The van der Waals surface area contributed by atoms with Gasteiger partial charge in [0.05, 0.1) is 6.04 Å². The maximum Gasteiger partial charge on any atom is 0.263 e. The van der Waals surface area contributed by atoms with Gasteiger partial charge in [-0.15, -0.1) is 11.3 Å². The van der Waals surface area contributed by atoms with Crippen LogP contribution in [0.25, 0.3) is 0 Å². The molecule has 6 nitrogen and oxygen atoms in total. The molecule has 2 heterocycles. The topological polar surface area (TPSA) is 84.5 Å². The molecule has 150 valence electrons. The van der Waals surface area contributed by atoms with Crippen LogP contribution in [0.15, 0.2) is 64.9 Å². The minimum Gasteiger partial charge on any atom is -0.491 e. The van der Waals surface area contributed by atoms with Gasteiger partial charge in [-0.2, -0.15) is 0 Å². The molecule has 8 heteroatoms. The van der Waals surface area contributed by atoms with E-state index in [9.17, 15) is 13.2 Å². The number of sulfonamides is 1. The van der Waals surface area contributed by atoms with Crippen molar-refractivity contribution in [1.29, 1.82) is 0 Å². The number of hydrogen-bond donors (Lipinski definition) is 2. The van der Waals surface area contributed by atoms with Gasteiger partial charge in [0.25, 0.3) is 15.9 Å². The number of benzene rings is 2. The van der Waals surface area contributed by atoms with E-state index in [1.807, 2.05) is 43.3 Å². The summed E-state index contributed by atoms with van der Waals surface area (Å²) in [7, 11) is -3.88. The zero-order valence-corrected chi connectivity index (χ0v) is 17.3. The molecule has 1 aliphatic rings. The number of aryl methyl sites for hydroxylation is 1. The second-order valence-electron chi connectivity index (χ2n) is 6.88. The van der Waals surface area contributed by atoms with Crippen molar-refractivity contribution in [2.75, 3.05) is 11.3 Å². The summed E-state index contributed by atoms with van der Waals surface area (Å²) in [5.74, 6) is 0.400. The van der Waals surface area contributed by atoms with Gasteiger partial charge in [-0.05, 0) is 48.6 Å². The number of carbonyl (C=O) groups is 1.